The van der Waals surface area contributed by atoms with E-state index < -0.39 is 17.7 Å². The summed E-state index contributed by atoms with van der Waals surface area (Å²) in [5.74, 6) is -1.34. The molecule has 1 heterocycles. The Morgan fingerprint density at radius 2 is 1.67 bits per heavy atom. The molecule has 0 radical (unpaired) electrons. The number of aliphatic hydroxyl groups is 1. The number of aryl methyl sites for hydroxylation is 1. The van der Waals surface area contributed by atoms with Crippen LogP contribution in [0.5, 0.6) is 0 Å². The van der Waals surface area contributed by atoms with Crippen LogP contribution in [0.25, 0.3) is 5.76 Å². The van der Waals surface area contributed by atoms with E-state index in [1.165, 1.54) is 0 Å². The van der Waals surface area contributed by atoms with E-state index in [1.807, 2.05) is 68.4 Å². The molecule has 1 amide bonds. The lowest BCUT2D eigenvalue weighted by molar-refractivity contribution is -0.140. The molecular weight excluding hydrogens is 340 g/mol. The third kappa shape index (κ3) is 3.78. The smallest absolute Gasteiger partial charge is 0.295 e. The van der Waals surface area contributed by atoms with Crippen LogP contribution in [0.1, 0.15) is 22.7 Å². The molecule has 140 valence electrons. The molecule has 1 aliphatic rings. The van der Waals surface area contributed by atoms with Gasteiger partial charge in [-0.3, -0.25) is 9.59 Å². The minimum atomic E-state index is -0.638. The predicted octanol–water partition coefficient (Wildman–Crippen LogP) is 2.98. The number of likely N-dealkylation sites (tertiary alicyclic amines) is 1. The van der Waals surface area contributed by atoms with Crippen LogP contribution in [0.15, 0.2) is 60.2 Å². The number of aliphatic hydroxyl groups excluding tert-OH is 1. The Morgan fingerprint density at radius 3 is 2.26 bits per heavy atom. The highest BCUT2D eigenvalue weighted by Gasteiger charge is 2.45. The number of rotatable bonds is 5. The number of nitrogens with zero attached hydrogens (tertiary/aromatic N) is 2. The van der Waals surface area contributed by atoms with Crippen molar-refractivity contribution in [3.63, 3.8) is 0 Å². The zero-order chi connectivity index (χ0) is 19.6. The van der Waals surface area contributed by atoms with Crippen LogP contribution in [0.4, 0.5) is 0 Å². The summed E-state index contributed by atoms with van der Waals surface area (Å²) in [6.45, 7) is 2.98. The van der Waals surface area contributed by atoms with E-state index in [0.717, 1.165) is 11.1 Å². The third-order valence-corrected chi connectivity index (χ3v) is 4.77. The fourth-order valence-corrected chi connectivity index (χ4v) is 3.27. The summed E-state index contributed by atoms with van der Waals surface area (Å²) in [5, 5.41) is 10.9. The number of carbonyl (C=O) groups is 2. The maximum absolute atomic E-state index is 12.8. The van der Waals surface area contributed by atoms with Crippen LogP contribution in [0.3, 0.4) is 0 Å². The first-order valence-corrected chi connectivity index (χ1v) is 8.95. The number of amides is 1. The molecule has 0 aromatic heterocycles. The standard InChI is InChI=1S/C22H24N2O3/c1-15-9-11-17(12-10-15)20(25)18-19(16-7-5-4-6-8-16)24(14-13-23(2)3)22(27)21(18)26/h4-12,19,25H,13-14H2,1-3H3/b20-18-. The minimum Gasteiger partial charge on any atom is -0.507 e. The molecule has 0 spiro atoms. The van der Waals surface area contributed by atoms with Gasteiger partial charge in [-0.05, 0) is 26.6 Å². The molecule has 27 heavy (non-hydrogen) atoms. The Hall–Kier alpha value is -2.92. The van der Waals surface area contributed by atoms with Crippen LogP contribution >= 0.6 is 0 Å². The molecule has 0 bridgehead atoms. The van der Waals surface area contributed by atoms with Crippen molar-refractivity contribution in [2.45, 2.75) is 13.0 Å². The normalized spacial score (nSPS) is 19.1. The van der Waals surface area contributed by atoms with Gasteiger partial charge in [-0.2, -0.15) is 0 Å². The third-order valence-electron chi connectivity index (χ3n) is 4.77. The van der Waals surface area contributed by atoms with Gasteiger partial charge >= 0.3 is 0 Å². The second-order valence-electron chi connectivity index (χ2n) is 7.07. The molecule has 5 nitrogen and oxygen atoms in total. The van der Waals surface area contributed by atoms with Crippen molar-refractivity contribution in [2.75, 3.05) is 27.2 Å². The van der Waals surface area contributed by atoms with Gasteiger partial charge in [0.25, 0.3) is 11.7 Å². The average molecular weight is 364 g/mol. The van der Waals surface area contributed by atoms with Gasteiger partial charge < -0.3 is 14.9 Å². The van der Waals surface area contributed by atoms with E-state index >= 15 is 0 Å². The van der Waals surface area contributed by atoms with E-state index in [4.69, 9.17) is 0 Å². The first-order valence-electron chi connectivity index (χ1n) is 8.95. The van der Waals surface area contributed by atoms with Crippen LogP contribution in [-0.2, 0) is 9.59 Å². The lowest BCUT2D eigenvalue weighted by Crippen LogP contribution is -2.35. The molecule has 1 fully saturated rings. The zero-order valence-corrected chi connectivity index (χ0v) is 15.8. The summed E-state index contributed by atoms with van der Waals surface area (Å²) in [7, 11) is 3.83. The monoisotopic (exact) mass is 364 g/mol. The average Bonchev–Trinajstić information content (AvgIpc) is 2.91. The van der Waals surface area contributed by atoms with Crippen molar-refractivity contribution >= 4 is 17.4 Å². The van der Waals surface area contributed by atoms with E-state index in [2.05, 4.69) is 0 Å². The molecule has 1 saturated heterocycles. The molecule has 1 atom stereocenters. The van der Waals surface area contributed by atoms with Crippen molar-refractivity contribution in [1.82, 2.24) is 9.80 Å². The Bertz CT molecular complexity index is 870. The highest BCUT2D eigenvalue weighted by atomic mass is 16.3. The van der Waals surface area contributed by atoms with E-state index in [-0.39, 0.29) is 11.3 Å². The molecule has 1 unspecified atom stereocenters. The van der Waals surface area contributed by atoms with Crippen LogP contribution in [0, 0.1) is 6.92 Å². The van der Waals surface area contributed by atoms with Gasteiger partial charge in [-0.1, -0.05) is 60.2 Å². The van der Waals surface area contributed by atoms with Gasteiger partial charge in [0, 0.05) is 18.7 Å². The molecule has 1 aliphatic heterocycles. The maximum atomic E-state index is 12.8. The van der Waals surface area contributed by atoms with Gasteiger partial charge in [-0.25, -0.2) is 0 Å². The summed E-state index contributed by atoms with van der Waals surface area (Å²) in [6, 6.07) is 16.1. The number of ketones is 1. The first-order chi connectivity index (χ1) is 12.9. The van der Waals surface area contributed by atoms with Gasteiger partial charge in [0.15, 0.2) is 0 Å². The Balaban J connectivity index is 2.12. The SMILES string of the molecule is Cc1ccc(/C(O)=C2/C(=O)C(=O)N(CCN(C)C)C2c2ccccc2)cc1. The minimum absolute atomic E-state index is 0.130. The fourth-order valence-electron chi connectivity index (χ4n) is 3.27. The van der Waals surface area contributed by atoms with Crippen molar-refractivity contribution in [3.05, 3.63) is 76.9 Å². The number of hydrogen-bond acceptors (Lipinski definition) is 4. The molecule has 1 N–H and O–H groups in total. The summed E-state index contributed by atoms with van der Waals surface area (Å²) in [4.78, 5) is 29.0. The first kappa shape index (κ1) is 18.9. The number of carbonyl (C=O) groups excluding carboxylic acids is 2. The summed E-state index contributed by atoms with van der Waals surface area (Å²) in [6.07, 6.45) is 0. The van der Waals surface area contributed by atoms with Gasteiger partial charge in [0.05, 0.1) is 11.6 Å². The highest BCUT2D eigenvalue weighted by molar-refractivity contribution is 6.46. The fraction of sp³-hybridized carbons (Fsp3) is 0.273. The number of hydrogen-bond donors (Lipinski definition) is 1. The largest absolute Gasteiger partial charge is 0.507 e. The van der Waals surface area contributed by atoms with Gasteiger partial charge in [0.1, 0.15) is 5.76 Å². The van der Waals surface area contributed by atoms with Crippen molar-refractivity contribution in [1.29, 1.82) is 0 Å². The van der Waals surface area contributed by atoms with Crippen LogP contribution in [-0.4, -0.2) is 53.8 Å². The molecule has 2 aromatic carbocycles. The maximum Gasteiger partial charge on any atom is 0.295 e. The second kappa shape index (κ2) is 7.76. The van der Waals surface area contributed by atoms with E-state index in [1.54, 1.807) is 17.0 Å². The predicted molar refractivity (Wildman–Crippen MR) is 105 cm³/mol. The molecule has 2 aromatic rings. The lowest BCUT2D eigenvalue weighted by Gasteiger charge is -2.26. The Kier molecular flexibility index (Phi) is 5.42. The number of benzene rings is 2. The number of likely N-dealkylation sites (N-methyl/N-ethyl adjacent to an activating group) is 1. The number of Topliss-reactive ketones (excluding diaryl/α,β-unsaturated/α-hetero) is 1. The quantitative estimate of drug-likeness (QED) is 0.503. The van der Waals surface area contributed by atoms with Crippen molar-refractivity contribution in [2.24, 2.45) is 0 Å². The highest BCUT2D eigenvalue weighted by Crippen LogP contribution is 2.39. The van der Waals surface area contributed by atoms with E-state index in [9.17, 15) is 14.7 Å². The summed E-state index contributed by atoms with van der Waals surface area (Å²) < 4.78 is 0. The lowest BCUT2D eigenvalue weighted by atomic mass is 9.95. The second-order valence-corrected chi connectivity index (χ2v) is 7.07. The van der Waals surface area contributed by atoms with Gasteiger partial charge in [-0.15, -0.1) is 0 Å². The van der Waals surface area contributed by atoms with Gasteiger partial charge in [0.2, 0.25) is 0 Å². The molecule has 0 aliphatic carbocycles. The molecule has 5 heteroatoms. The topological polar surface area (TPSA) is 60.9 Å². The van der Waals surface area contributed by atoms with Crippen molar-refractivity contribution < 1.29 is 14.7 Å². The van der Waals surface area contributed by atoms with Crippen LogP contribution < -0.4 is 0 Å². The molecular formula is C22H24N2O3. The Labute approximate surface area is 159 Å². The molecule has 0 saturated carbocycles. The summed E-state index contributed by atoms with van der Waals surface area (Å²) in [5.41, 5.74) is 2.54. The van der Waals surface area contributed by atoms with Crippen molar-refractivity contribution in [3.8, 4) is 0 Å². The molecule has 3 rings (SSSR count). The zero-order valence-electron chi connectivity index (χ0n) is 15.8. The summed E-state index contributed by atoms with van der Waals surface area (Å²) >= 11 is 0. The van der Waals surface area contributed by atoms with E-state index in [0.29, 0.717) is 18.7 Å². The van der Waals surface area contributed by atoms with Crippen LogP contribution in [0.2, 0.25) is 0 Å². The Morgan fingerprint density at radius 1 is 1.04 bits per heavy atom.